The molecule has 0 radical (unpaired) electrons. The first kappa shape index (κ1) is 9.93. The zero-order valence-electron chi connectivity index (χ0n) is 8.16. The molecule has 0 saturated heterocycles. The molecule has 1 N–H and O–H groups in total. The molecular weight excluding hydrogens is 164 g/mol. The Morgan fingerprint density at radius 3 is 2.23 bits per heavy atom. The van der Waals surface area contributed by atoms with Crippen molar-refractivity contribution >= 4 is 5.78 Å². The molecule has 0 fully saturated rings. The fourth-order valence-electron chi connectivity index (χ4n) is 1.32. The van der Waals surface area contributed by atoms with Crippen molar-refractivity contribution in [3.05, 3.63) is 35.4 Å². The molecule has 0 aliphatic heterocycles. The van der Waals surface area contributed by atoms with Crippen molar-refractivity contribution in [1.29, 1.82) is 0 Å². The molecule has 13 heavy (non-hydrogen) atoms. The van der Waals surface area contributed by atoms with E-state index in [1.54, 1.807) is 32.0 Å². The molecular formula is C11H14O2. The van der Waals surface area contributed by atoms with E-state index < -0.39 is 5.60 Å². The minimum absolute atomic E-state index is 0.0160. The van der Waals surface area contributed by atoms with Gasteiger partial charge in [0.25, 0.3) is 0 Å². The van der Waals surface area contributed by atoms with Gasteiger partial charge in [0, 0.05) is 5.56 Å². The Balaban J connectivity index is 3.28. The molecule has 1 aromatic rings. The molecule has 0 amide bonds. The predicted octanol–water partition coefficient (Wildman–Crippen LogP) is 2.12. The van der Waals surface area contributed by atoms with Crippen LogP contribution in [0.1, 0.15) is 36.7 Å². The van der Waals surface area contributed by atoms with Crippen LogP contribution in [0.3, 0.4) is 0 Å². The highest BCUT2D eigenvalue weighted by Gasteiger charge is 2.20. The van der Waals surface area contributed by atoms with Crippen LogP contribution in [0, 0.1) is 0 Å². The molecule has 1 rings (SSSR count). The lowest BCUT2D eigenvalue weighted by Crippen LogP contribution is -2.19. The third-order valence-corrected chi connectivity index (χ3v) is 1.97. The summed E-state index contributed by atoms with van der Waals surface area (Å²) in [5.74, 6) is -0.0160. The zero-order chi connectivity index (χ0) is 10.1. The van der Waals surface area contributed by atoms with E-state index in [1.165, 1.54) is 6.92 Å². The Labute approximate surface area is 78.2 Å². The Morgan fingerprint density at radius 1 is 1.31 bits per heavy atom. The molecule has 70 valence electrons. The van der Waals surface area contributed by atoms with Gasteiger partial charge >= 0.3 is 0 Å². The molecule has 0 heterocycles. The number of aliphatic hydroxyl groups is 1. The van der Waals surface area contributed by atoms with Crippen LogP contribution in [-0.4, -0.2) is 10.9 Å². The summed E-state index contributed by atoms with van der Waals surface area (Å²) in [6.07, 6.45) is 0. The van der Waals surface area contributed by atoms with Crippen LogP contribution in [-0.2, 0) is 5.60 Å². The van der Waals surface area contributed by atoms with Crippen LogP contribution in [0.5, 0.6) is 0 Å². The van der Waals surface area contributed by atoms with Gasteiger partial charge in [0.15, 0.2) is 5.78 Å². The number of benzene rings is 1. The first-order chi connectivity index (χ1) is 5.93. The summed E-state index contributed by atoms with van der Waals surface area (Å²) in [7, 11) is 0. The van der Waals surface area contributed by atoms with Crippen LogP contribution in [0.2, 0.25) is 0 Å². The standard InChI is InChI=1S/C11H14O2/c1-8(12)9-6-4-5-7-10(9)11(2,3)13/h4-7,13H,1-3H3. The number of carbonyl (C=O) groups is 1. The summed E-state index contributed by atoms with van der Waals surface area (Å²) in [4.78, 5) is 11.2. The third-order valence-electron chi connectivity index (χ3n) is 1.97. The van der Waals surface area contributed by atoms with Crippen molar-refractivity contribution in [1.82, 2.24) is 0 Å². The SMILES string of the molecule is CC(=O)c1ccccc1C(C)(C)O. The quantitative estimate of drug-likeness (QED) is 0.704. The van der Waals surface area contributed by atoms with Gasteiger partial charge in [-0.25, -0.2) is 0 Å². The van der Waals surface area contributed by atoms with Crippen LogP contribution in [0.15, 0.2) is 24.3 Å². The number of ketones is 1. The first-order valence-electron chi connectivity index (χ1n) is 4.26. The lowest BCUT2D eigenvalue weighted by Gasteiger charge is -2.20. The first-order valence-corrected chi connectivity index (χ1v) is 4.26. The summed E-state index contributed by atoms with van der Waals surface area (Å²) in [6.45, 7) is 4.86. The van der Waals surface area contributed by atoms with E-state index in [2.05, 4.69) is 0 Å². The van der Waals surface area contributed by atoms with Crippen LogP contribution >= 0.6 is 0 Å². The summed E-state index contributed by atoms with van der Waals surface area (Å²) < 4.78 is 0. The molecule has 0 unspecified atom stereocenters. The number of hydrogen-bond donors (Lipinski definition) is 1. The normalized spacial score (nSPS) is 11.4. The average molecular weight is 178 g/mol. The fraction of sp³-hybridized carbons (Fsp3) is 0.364. The lowest BCUT2D eigenvalue weighted by atomic mass is 9.92. The second-order valence-electron chi connectivity index (χ2n) is 3.66. The van der Waals surface area contributed by atoms with Gasteiger partial charge < -0.3 is 5.11 Å². The number of carbonyl (C=O) groups excluding carboxylic acids is 1. The van der Waals surface area contributed by atoms with Gasteiger partial charge in [0.1, 0.15) is 0 Å². The number of hydrogen-bond acceptors (Lipinski definition) is 2. The maximum absolute atomic E-state index is 11.2. The van der Waals surface area contributed by atoms with Crippen molar-refractivity contribution < 1.29 is 9.90 Å². The Morgan fingerprint density at radius 2 is 1.85 bits per heavy atom. The minimum atomic E-state index is -0.956. The van der Waals surface area contributed by atoms with E-state index in [0.717, 1.165) is 0 Å². The summed E-state index contributed by atoms with van der Waals surface area (Å²) in [5.41, 5.74) is 0.319. The van der Waals surface area contributed by atoms with Crippen molar-refractivity contribution in [2.75, 3.05) is 0 Å². The Hall–Kier alpha value is -1.15. The van der Waals surface area contributed by atoms with Crippen molar-refractivity contribution in [3.63, 3.8) is 0 Å². The van der Waals surface area contributed by atoms with Gasteiger partial charge in [0.2, 0.25) is 0 Å². The van der Waals surface area contributed by atoms with Gasteiger partial charge in [-0.2, -0.15) is 0 Å². The minimum Gasteiger partial charge on any atom is -0.386 e. The summed E-state index contributed by atoms with van der Waals surface area (Å²) >= 11 is 0. The Bertz CT molecular complexity index is 321. The van der Waals surface area contributed by atoms with Crippen molar-refractivity contribution in [2.24, 2.45) is 0 Å². The molecule has 0 atom stereocenters. The van der Waals surface area contributed by atoms with E-state index in [1.807, 2.05) is 6.07 Å². The van der Waals surface area contributed by atoms with Crippen LogP contribution < -0.4 is 0 Å². The van der Waals surface area contributed by atoms with Gasteiger partial charge in [-0.3, -0.25) is 4.79 Å². The number of rotatable bonds is 2. The topological polar surface area (TPSA) is 37.3 Å². The molecule has 0 aliphatic carbocycles. The van der Waals surface area contributed by atoms with Gasteiger partial charge in [-0.05, 0) is 26.3 Å². The average Bonchev–Trinajstić information content (AvgIpc) is 2.03. The molecule has 0 aromatic heterocycles. The second-order valence-corrected chi connectivity index (χ2v) is 3.66. The highest BCUT2D eigenvalue weighted by Crippen LogP contribution is 2.23. The van der Waals surface area contributed by atoms with Gasteiger partial charge in [-0.15, -0.1) is 0 Å². The van der Waals surface area contributed by atoms with E-state index >= 15 is 0 Å². The monoisotopic (exact) mass is 178 g/mol. The zero-order valence-corrected chi connectivity index (χ0v) is 8.16. The highest BCUT2D eigenvalue weighted by atomic mass is 16.3. The van der Waals surface area contributed by atoms with Crippen LogP contribution in [0.25, 0.3) is 0 Å². The molecule has 0 saturated carbocycles. The van der Waals surface area contributed by atoms with E-state index in [4.69, 9.17) is 0 Å². The van der Waals surface area contributed by atoms with Crippen LogP contribution in [0.4, 0.5) is 0 Å². The predicted molar refractivity (Wildman–Crippen MR) is 51.7 cm³/mol. The number of Topliss-reactive ketones (excluding diaryl/α,β-unsaturated/α-hetero) is 1. The smallest absolute Gasteiger partial charge is 0.160 e. The summed E-state index contributed by atoms with van der Waals surface area (Å²) in [5, 5.41) is 9.77. The molecule has 0 bridgehead atoms. The maximum Gasteiger partial charge on any atom is 0.160 e. The van der Waals surface area contributed by atoms with Gasteiger partial charge in [0.05, 0.1) is 5.60 Å². The fourth-order valence-corrected chi connectivity index (χ4v) is 1.32. The molecule has 1 aromatic carbocycles. The maximum atomic E-state index is 11.2. The molecule has 0 aliphatic rings. The van der Waals surface area contributed by atoms with Crippen molar-refractivity contribution in [3.8, 4) is 0 Å². The molecule has 2 heteroatoms. The highest BCUT2D eigenvalue weighted by molar-refractivity contribution is 5.95. The third kappa shape index (κ3) is 2.16. The van der Waals surface area contributed by atoms with E-state index in [0.29, 0.717) is 11.1 Å². The second kappa shape index (κ2) is 3.30. The molecule has 2 nitrogen and oxygen atoms in total. The van der Waals surface area contributed by atoms with E-state index in [9.17, 15) is 9.90 Å². The largest absolute Gasteiger partial charge is 0.386 e. The van der Waals surface area contributed by atoms with E-state index in [-0.39, 0.29) is 5.78 Å². The van der Waals surface area contributed by atoms with Crippen molar-refractivity contribution in [2.45, 2.75) is 26.4 Å². The lowest BCUT2D eigenvalue weighted by molar-refractivity contribution is 0.0757. The molecule has 0 spiro atoms. The van der Waals surface area contributed by atoms with Gasteiger partial charge in [-0.1, -0.05) is 24.3 Å². The summed E-state index contributed by atoms with van der Waals surface area (Å²) in [6, 6.07) is 7.12. The Kier molecular flexibility index (Phi) is 2.52.